The van der Waals surface area contributed by atoms with E-state index in [1.165, 1.54) is 0 Å². The van der Waals surface area contributed by atoms with Gasteiger partial charge >= 0.3 is 0 Å². The van der Waals surface area contributed by atoms with Crippen molar-refractivity contribution in [2.75, 3.05) is 6.54 Å². The molecule has 4 nitrogen and oxygen atoms in total. The number of halogens is 1. The van der Waals surface area contributed by atoms with E-state index in [2.05, 4.69) is 0 Å². The van der Waals surface area contributed by atoms with Crippen LogP contribution in [0.25, 0.3) is 0 Å². The molecule has 2 rings (SSSR count). The van der Waals surface area contributed by atoms with Crippen molar-refractivity contribution in [1.82, 2.24) is 4.90 Å². The van der Waals surface area contributed by atoms with Crippen LogP contribution in [0, 0.1) is 11.8 Å². The minimum absolute atomic E-state index is 0.00597. The lowest BCUT2D eigenvalue weighted by Gasteiger charge is -2.19. The highest BCUT2D eigenvalue weighted by Crippen LogP contribution is 2.27. The highest BCUT2D eigenvalue weighted by Gasteiger charge is 2.42. The predicted molar refractivity (Wildman–Crippen MR) is 71.5 cm³/mol. The van der Waals surface area contributed by atoms with Crippen LogP contribution in [0.2, 0.25) is 5.02 Å². The van der Waals surface area contributed by atoms with Crippen LogP contribution in [0.1, 0.15) is 25.5 Å². The van der Waals surface area contributed by atoms with E-state index in [-0.39, 0.29) is 30.2 Å². The van der Waals surface area contributed by atoms with Crippen molar-refractivity contribution in [3.63, 3.8) is 0 Å². The second kappa shape index (κ2) is 5.31. The summed E-state index contributed by atoms with van der Waals surface area (Å²) in [5.41, 5.74) is 0.636. The molecule has 2 amide bonds. The maximum Gasteiger partial charge on any atom is 0.232 e. The topological polar surface area (TPSA) is 57.6 Å². The van der Waals surface area contributed by atoms with Crippen LogP contribution in [-0.2, 0) is 9.59 Å². The number of amides is 2. The average molecular weight is 282 g/mol. The number of nitrogens with zero attached hydrogens (tertiary/aromatic N) is 1. The largest absolute Gasteiger partial charge is 0.387 e. The fourth-order valence-corrected chi connectivity index (χ4v) is 2.30. The van der Waals surface area contributed by atoms with E-state index in [9.17, 15) is 14.7 Å². The van der Waals surface area contributed by atoms with Gasteiger partial charge in [0.15, 0.2) is 0 Å². The van der Waals surface area contributed by atoms with Gasteiger partial charge in [0.1, 0.15) is 0 Å². The molecular weight excluding hydrogens is 266 g/mol. The molecule has 0 saturated carbocycles. The van der Waals surface area contributed by atoms with Crippen molar-refractivity contribution in [3.8, 4) is 0 Å². The average Bonchev–Trinajstić information content (AvgIpc) is 2.57. The number of carbonyl (C=O) groups excluding carboxylic acids is 2. The molecule has 3 unspecified atom stereocenters. The Balaban J connectivity index is 2.11. The predicted octanol–water partition coefficient (Wildman–Crippen LogP) is 2.01. The summed E-state index contributed by atoms with van der Waals surface area (Å²) in [5.74, 6) is -1.06. The van der Waals surface area contributed by atoms with Crippen molar-refractivity contribution in [1.29, 1.82) is 0 Å². The van der Waals surface area contributed by atoms with E-state index < -0.39 is 6.10 Å². The number of benzene rings is 1. The smallest absolute Gasteiger partial charge is 0.232 e. The molecule has 0 spiro atoms. The van der Waals surface area contributed by atoms with Crippen molar-refractivity contribution in [3.05, 3.63) is 34.9 Å². The van der Waals surface area contributed by atoms with Crippen LogP contribution in [0.4, 0.5) is 0 Å². The van der Waals surface area contributed by atoms with Crippen LogP contribution in [0.15, 0.2) is 24.3 Å². The molecular formula is C14H16ClNO3. The molecule has 1 aromatic rings. The number of carbonyl (C=O) groups is 2. The van der Waals surface area contributed by atoms with Crippen molar-refractivity contribution >= 4 is 23.4 Å². The first kappa shape index (κ1) is 14.0. The number of imide groups is 1. The monoisotopic (exact) mass is 281 g/mol. The van der Waals surface area contributed by atoms with E-state index in [0.29, 0.717) is 10.6 Å². The molecule has 0 aliphatic carbocycles. The number of β-amino-alcohol motifs (C(OH)–C–C–N with tert-alkyl or cyclic N) is 1. The molecule has 1 saturated heterocycles. The first-order valence-corrected chi connectivity index (χ1v) is 6.58. The number of likely N-dealkylation sites (tertiary alicyclic amines) is 1. The lowest BCUT2D eigenvalue weighted by atomic mass is 10.00. The molecule has 1 heterocycles. The van der Waals surface area contributed by atoms with E-state index >= 15 is 0 Å². The van der Waals surface area contributed by atoms with Gasteiger partial charge in [0, 0.05) is 16.9 Å². The Hall–Kier alpha value is -1.39. The number of hydrogen-bond acceptors (Lipinski definition) is 3. The second-order valence-electron chi connectivity index (χ2n) is 4.93. The zero-order chi connectivity index (χ0) is 14.2. The lowest BCUT2D eigenvalue weighted by molar-refractivity contribution is -0.141. The molecule has 0 aromatic heterocycles. The summed E-state index contributed by atoms with van der Waals surface area (Å²) in [6, 6.07) is 6.70. The molecule has 1 N–H and O–H groups in total. The van der Waals surface area contributed by atoms with Gasteiger partial charge in [0.2, 0.25) is 11.8 Å². The molecule has 0 radical (unpaired) electrons. The summed E-state index contributed by atoms with van der Waals surface area (Å²) >= 11 is 5.77. The maximum atomic E-state index is 11.9. The maximum absolute atomic E-state index is 11.9. The Morgan fingerprint density at radius 2 is 1.63 bits per heavy atom. The SMILES string of the molecule is CC1C(=O)N(CC(O)c2ccc(Cl)cc2)C(=O)C1C. The van der Waals surface area contributed by atoms with Crippen molar-refractivity contribution in [2.24, 2.45) is 11.8 Å². The van der Waals surface area contributed by atoms with Crippen LogP contribution >= 0.6 is 11.6 Å². The quantitative estimate of drug-likeness (QED) is 0.863. The van der Waals surface area contributed by atoms with E-state index in [1.807, 2.05) is 0 Å². The molecule has 1 aromatic carbocycles. The number of aliphatic hydroxyl groups excluding tert-OH is 1. The minimum atomic E-state index is -0.886. The molecule has 1 fully saturated rings. The summed E-state index contributed by atoms with van der Waals surface area (Å²) in [6.07, 6.45) is -0.886. The van der Waals surface area contributed by atoms with Crippen molar-refractivity contribution < 1.29 is 14.7 Å². The van der Waals surface area contributed by atoms with Gasteiger partial charge in [-0.2, -0.15) is 0 Å². The summed E-state index contributed by atoms with van der Waals surface area (Å²) in [6.45, 7) is 3.47. The number of hydrogen-bond donors (Lipinski definition) is 1. The molecule has 1 aliphatic heterocycles. The molecule has 19 heavy (non-hydrogen) atoms. The normalized spacial score (nSPS) is 24.9. The van der Waals surface area contributed by atoms with E-state index in [1.54, 1.807) is 38.1 Å². The van der Waals surface area contributed by atoms with E-state index in [4.69, 9.17) is 11.6 Å². The highest BCUT2D eigenvalue weighted by atomic mass is 35.5. The Morgan fingerprint density at radius 1 is 1.16 bits per heavy atom. The number of rotatable bonds is 3. The summed E-state index contributed by atoms with van der Waals surface area (Å²) in [4.78, 5) is 25.0. The zero-order valence-corrected chi connectivity index (χ0v) is 11.6. The van der Waals surface area contributed by atoms with Gasteiger partial charge in [0.05, 0.1) is 12.6 Å². The van der Waals surface area contributed by atoms with Gasteiger partial charge < -0.3 is 5.11 Å². The molecule has 3 atom stereocenters. The van der Waals surface area contributed by atoms with Crippen LogP contribution in [-0.4, -0.2) is 28.4 Å². The van der Waals surface area contributed by atoms with Gasteiger partial charge in [-0.25, -0.2) is 0 Å². The molecule has 0 bridgehead atoms. The standard InChI is InChI=1S/C14H16ClNO3/c1-8-9(2)14(19)16(13(8)18)7-12(17)10-3-5-11(15)6-4-10/h3-6,8-9,12,17H,7H2,1-2H3. The first-order valence-electron chi connectivity index (χ1n) is 6.20. The fourth-order valence-electron chi connectivity index (χ4n) is 2.17. The van der Waals surface area contributed by atoms with Crippen molar-refractivity contribution in [2.45, 2.75) is 20.0 Å². The van der Waals surface area contributed by atoms with Gasteiger partial charge in [-0.3, -0.25) is 14.5 Å². The third-order valence-electron chi connectivity index (χ3n) is 3.67. The first-order chi connectivity index (χ1) is 8.91. The Kier molecular flexibility index (Phi) is 3.92. The fraction of sp³-hybridized carbons (Fsp3) is 0.429. The van der Waals surface area contributed by atoms with Gasteiger partial charge in [-0.1, -0.05) is 37.6 Å². The van der Waals surface area contributed by atoms with Crippen LogP contribution < -0.4 is 0 Å². The Labute approximate surface area is 117 Å². The summed E-state index contributed by atoms with van der Waals surface area (Å²) in [5, 5.41) is 10.7. The molecule has 5 heteroatoms. The summed E-state index contributed by atoms with van der Waals surface area (Å²) in [7, 11) is 0. The zero-order valence-electron chi connectivity index (χ0n) is 10.8. The Bertz CT molecular complexity index is 480. The van der Waals surface area contributed by atoms with Gasteiger partial charge in [-0.05, 0) is 17.7 Å². The summed E-state index contributed by atoms with van der Waals surface area (Å²) < 4.78 is 0. The highest BCUT2D eigenvalue weighted by molar-refractivity contribution is 6.30. The number of aliphatic hydroxyl groups is 1. The lowest BCUT2D eigenvalue weighted by Crippen LogP contribution is -2.34. The van der Waals surface area contributed by atoms with Crippen LogP contribution in [0.3, 0.4) is 0 Å². The molecule has 1 aliphatic rings. The Morgan fingerprint density at radius 3 is 2.11 bits per heavy atom. The second-order valence-corrected chi connectivity index (χ2v) is 5.37. The minimum Gasteiger partial charge on any atom is -0.387 e. The van der Waals surface area contributed by atoms with E-state index in [0.717, 1.165) is 4.90 Å². The third-order valence-corrected chi connectivity index (χ3v) is 3.92. The molecule has 102 valence electrons. The third kappa shape index (κ3) is 2.65. The van der Waals surface area contributed by atoms with Gasteiger partial charge in [-0.15, -0.1) is 0 Å². The van der Waals surface area contributed by atoms with Crippen LogP contribution in [0.5, 0.6) is 0 Å². The van der Waals surface area contributed by atoms with Gasteiger partial charge in [0.25, 0.3) is 0 Å².